The molecule has 0 bridgehead atoms. The third kappa shape index (κ3) is 3.98. The van der Waals surface area contributed by atoms with E-state index in [-0.39, 0.29) is 10.6 Å². The summed E-state index contributed by atoms with van der Waals surface area (Å²) in [6.07, 6.45) is 1.05. The summed E-state index contributed by atoms with van der Waals surface area (Å²) in [4.78, 5) is -0.302. The fourth-order valence-electron chi connectivity index (χ4n) is 1.10. The second kappa shape index (κ2) is 3.92. The maximum atomic E-state index is 10.9. The summed E-state index contributed by atoms with van der Waals surface area (Å²) in [5.41, 5.74) is 0.327. The van der Waals surface area contributed by atoms with E-state index in [0.29, 0.717) is 5.56 Å². The second-order valence-corrected chi connectivity index (χ2v) is 6.75. The third-order valence-corrected chi connectivity index (χ3v) is 3.33. The van der Waals surface area contributed by atoms with E-state index in [2.05, 4.69) is 0 Å². The van der Waals surface area contributed by atoms with Gasteiger partial charge in [0.15, 0.2) is 9.84 Å². The van der Waals surface area contributed by atoms with Gasteiger partial charge in [0.25, 0.3) is 10.1 Å². The van der Waals surface area contributed by atoms with E-state index >= 15 is 0 Å². The van der Waals surface area contributed by atoms with Crippen LogP contribution in [-0.4, -0.2) is 27.6 Å². The maximum Gasteiger partial charge on any atom is 0.294 e. The van der Waals surface area contributed by atoms with Crippen molar-refractivity contribution in [3.8, 4) is 0 Å². The zero-order valence-electron chi connectivity index (χ0n) is 7.91. The van der Waals surface area contributed by atoms with Gasteiger partial charge in [-0.3, -0.25) is 4.55 Å². The molecule has 84 valence electrons. The first kappa shape index (κ1) is 12.2. The molecular formula is C8H10O5S2. The minimum absolute atomic E-state index is 0.254. The van der Waals surface area contributed by atoms with Crippen LogP contribution in [-0.2, 0) is 25.7 Å². The topological polar surface area (TPSA) is 88.5 Å². The Bertz CT molecular complexity index is 556. The summed E-state index contributed by atoms with van der Waals surface area (Å²) in [7, 11) is -7.49. The van der Waals surface area contributed by atoms with Crippen LogP contribution in [0.5, 0.6) is 0 Å². The van der Waals surface area contributed by atoms with Gasteiger partial charge in [0.05, 0.1) is 10.6 Å². The largest absolute Gasteiger partial charge is 0.294 e. The summed E-state index contributed by atoms with van der Waals surface area (Å²) in [6.45, 7) is 0. The van der Waals surface area contributed by atoms with E-state index in [9.17, 15) is 16.8 Å². The molecule has 0 saturated carbocycles. The van der Waals surface area contributed by atoms with Crippen LogP contribution in [0.3, 0.4) is 0 Å². The van der Waals surface area contributed by atoms with E-state index in [4.69, 9.17) is 4.55 Å². The van der Waals surface area contributed by atoms with Crippen molar-refractivity contribution in [2.24, 2.45) is 0 Å². The maximum absolute atomic E-state index is 10.9. The molecule has 1 aromatic rings. The van der Waals surface area contributed by atoms with Gasteiger partial charge in [0.1, 0.15) is 0 Å². The van der Waals surface area contributed by atoms with Gasteiger partial charge in [-0.15, -0.1) is 0 Å². The lowest BCUT2D eigenvalue weighted by Gasteiger charge is -2.01. The molecule has 15 heavy (non-hydrogen) atoms. The van der Waals surface area contributed by atoms with E-state index in [1.165, 1.54) is 18.2 Å². The zero-order chi connectivity index (χ0) is 11.7. The predicted octanol–water partition coefficient (Wildman–Crippen LogP) is 0.478. The zero-order valence-corrected chi connectivity index (χ0v) is 9.55. The average molecular weight is 250 g/mol. The van der Waals surface area contributed by atoms with Crippen LogP contribution in [0.15, 0.2) is 29.2 Å². The van der Waals surface area contributed by atoms with Gasteiger partial charge in [0.2, 0.25) is 0 Å². The van der Waals surface area contributed by atoms with Crippen molar-refractivity contribution in [2.45, 2.75) is 10.6 Å². The number of benzene rings is 1. The minimum Gasteiger partial charge on any atom is -0.282 e. The summed E-state index contributed by atoms with van der Waals surface area (Å²) in [5.74, 6) is -0.254. The highest BCUT2D eigenvalue weighted by Gasteiger charge is 2.11. The van der Waals surface area contributed by atoms with Crippen LogP contribution in [0.4, 0.5) is 0 Å². The van der Waals surface area contributed by atoms with Gasteiger partial charge in [0, 0.05) is 6.26 Å². The quantitative estimate of drug-likeness (QED) is 0.788. The van der Waals surface area contributed by atoms with E-state index in [0.717, 1.165) is 12.3 Å². The molecule has 0 aliphatic heterocycles. The lowest BCUT2D eigenvalue weighted by Crippen LogP contribution is -2.03. The molecule has 0 amide bonds. The molecule has 0 fully saturated rings. The molecule has 0 atom stereocenters. The Kier molecular flexibility index (Phi) is 3.17. The van der Waals surface area contributed by atoms with Crippen molar-refractivity contribution < 1.29 is 21.4 Å². The Labute approximate surface area is 88.4 Å². The molecule has 0 aliphatic carbocycles. The molecule has 0 radical (unpaired) electrons. The van der Waals surface area contributed by atoms with Crippen molar-refractivity contribution in [3.05, 3.63) is 29.8 Å². The number of hydrogen-bond donors (Lipinski definition) is 1. The molecule has 5 nitrogen and oxygen atoms in total. The molecule has 1 N–H and O–H groups in total. The number of hydrogen-bond acceptors (Lipinski definition) is 4. The van der Waals surface area contributed by atoms with Crippen LogP contribution >= 0.6 is 0 Å². The SMILES string of the molecule is CS(=O)(=O)Cc1cccc(S(=O)(=O)O)c1. The van der Waals surface area contributed by atoms with Gasteiger partial charge in [-0.25, -0.2) is 8.42 Å². The van der Waals surface area contributed by atoms with E-state index in [1.807, 2.05) is 0 Å². The average Bonchev–Trinajstić information content (AvgIpc) is 1.99. The number of sulfone groups is 1. The summed E-state index contributed by atoms with van der Waals surface area (Å²) in [5, 5.41) is 0. The lowest BCUT2D eigenvalue weighted by molar-refractivity contribution is 0.483. The van der Waals surface area contributed by atoms with Crippen LogP contribution in [0, 0.1) is 0 Å². The Morgan fingerprint density at radius 1 is 1.20 bits per heavy atom. The van der Waals surface area contributed by atoms with Crippen LogP contribution in [0.2, 0.25) is 0 Å². The van der Waals surface area contributed by atoms with Gasteiger partial charge >= 0.3 is 0 Å². The van der Waals surface area contributed by atoms with E-state index < -0.39 is 20.0 Å². The predicted molar refractivity (Wildman–Crippen MR) is 54.8 cm³/mol. The highest BCUT2D eigenvalue weighted by atomic mass is 32.2. The Balaban J connectivity index is 3.15. The molecule has 0 spiro atoms. The van der Waals surface area contributed by atoms with Crippen molar-refractivity contribution >= 4 is 20.0 Å². The summed E-state index contributed by atoms with van der Waals surface area (Å²) in [6, 6.07) is 5.19. The molecule has 0 saturated heterocycles. The first-order valence-corrected chi connectivity index (χ1v) is 7.43. The van der Waals surface area contributed by atoms with E-state index in [1.54, 1.807) is 0 Å². The highest BCUT2D eigenvalue weighted by Crippen LogP contribution is 2.12. The van der Waals surface area contributed by atoms with Gasteiger partial charge in [-0.2, -0.15) is 8.42 Å². The Morgan fingerprint density at radius 2 is 1.80 bits per heavy atom. The molecule has 0 aliphatic rings. The Hall–Kier alpha value is -0.920. The van der Waals surface area contributed by atoms with Crippen LogP contribution in [0.1, 0.15) is 5.56 Å². The molecular weight excluding hydrogens is 240 g/mol. The molecule has 0 heterocycles. The van der Waals surface area contributed by atoms with Crippen LogP contribution < -0.4 is 0 Å². The van der Waals surface area contributed by atoms with Gasteiger partial charge in [-0.1, -0.05) is 12.1 Å². The molecule has 0 aromatic heterocycles. The molecule has 1 rings (SSSR count). The fourth-order valence-corrected chi connectivity index (χ4v) is 2.43. The fraction of sp³-hybridized carbons (Fsp3) is 0.250. The third-order valence-electron chi connectivity index (χ3n) is 1.63. The van der Waals surface area contributed by atoms with Gasteiger partial charge < -0.3 is 0 Å². The van der Waals surface area contributed by atoms with Crippen molar-refractivity contribution in [3.63, 3.8) is 0 Å². The molecule has 1 aromatic carbocycles. The number of rotatable bonds is 3. The van der Waals surface area contributed by atoms with Gasteiger partial charge in [-0.05, 0) is 17.7 Å². The van der Waals surface area contributed by atoms with Crippen molar-refractivity contribution in [1.29, 1.82) is 0 Å². The minimum atomic E-state index is -4.28. The normalized spacial score (nSPS) is 12.7. The summed E-state index contributed by atoms with van der Waals surface area (Å²) >= 11 is 0. The highest BCUT2D eigenvalue weighted by molar-refractivity contribution is 7.89. The molecule has 0 unspecified atom stereocenters. The smallest absolute Gasteiger partial charge is 0.282 e. The van der Waals surface area contributed by atoms with Crippen molar-refractivity contribution in [2.75, 3.05) is 6.26 Å². The monoisotopic (exact) mass is 250 g/mol. The first-order valence-electron chi connectivity index (χ1n) is 3.93. The first-order chi connectivity index (χ1) is 6.68. The second-order valence-electron chi connectivity index (χ2n) is 3.19. The summed E-state index contributed by atoms with van der Waals surface area (Å²) < 4.78 is 52.1. The standard InChI is InChI=1S/C8H10O5S2/c1-14(9,10)6-7-3-2-4-8(5-7)15(11,12)13/h2-5H,6H2,1H3,(H,11,12,13). The lowest BCUT2D eigenvalue weighted by atomic mass is 10.2. The van der Waals surface area contributed by atoms with Crippen molar-refractivity contribution in [1.82, 2.24) is 0 Å². The molecule has 7 heteroatoms. The van der Waals surface area contributed by atoms with Crippen LogP contribution in [0.25, 0.3) is 0 Å². The Morgan fingerprint density at radius 3 is 2.27 bits per heavy atom.